The Bertz CT molecular complexity index is 574. The van der Waals surface area contributed by atoms with Gasteiger partial charge < -0.3 is 5.73 Å². The minimum absolute atomic E-state index is 0.404. The Labute approximate surface area is 110 Å². The summed E-state index contributed by atoms with van der Waals surface area (Å²) < 4.78 is 1.89. The van der Waals surface area contributed by atoms with E-state index in [1.165, 1.54) is 0 Å². The smallest absolute Gasteiger partial charge is 0.182 e. The molecule has 1 aliphatic rings. The molecule has 1 saturated carbocycles. The van der Waals surface area contributed by atoms with E-state index >= 15 is 0 Å². The molecule has 18 heavy (non-hydrogen) atoms. The molecule has 94 valence electrons. The Morgan fingerprint density at radius 2 is 2.17 bits per heavy atom. The second-order valence-corrected chi connectivity index (χ2v) is 5.32. The fourth-order valence-corrected chi connectivity index (χ4v) is 2.54. The van der Waals surface area contributed by atoms with Crippen LogP contribution < -0.4 is 5.73 Å². The highest BCUT2D eigenvalue weighted by molar-refractivity contribution is 6.33. The number of halogens is 1. The summed E-state index contributed by atoms with van der Waals surface area (Å²) in [5, 5.41) is 12.5. The molecule has 1 aromatic heterocycles. The summed E-state index contributed by atoms with van der Waals surface area (Å²) in [6, 6.07) is 5.88. The van der Waals surface area contributed by atoms with Gasteiger partial charge in [0.15, 0.2) is 5.82 Å². The van der Waals surface area contributed by atoms with Gasteiger partial charge in [-0.2, -0.15) is 0 Å². The van der Waals surface area contributed by atoms with Crippen LogP contribution in [0.25, 0.3) is 11.4 Å². The normalized spacial score (nSPS) is 22.8. The third-order valence-corrected chi connectivity index (χ3v) is 3.77. The summed E-state index contributed by atoms with van der Waals surface area (Å²) in [4.78, 5) is 0. The number of nitrogens with two attached hydrogens (primary N) is 1. The lowest BCUT2D eigenvalue weighted by molar-refractivity contribution is 0.199. The predicted octanol–water partition coefficient (Wildman–Crippen LogP) is 2.55. The predicted molar refractivity (Wildman–Crippen MR) is 70.1 cm³/mol. The quantitative estimate of drug-likeness (QED) is 0.846. The van der Waals surface area contributed by atoms with Crippen molar-refractivity contribution < 1.29 is 0 Å². The standard InChI is InChI=1S/C12H14ClN5/c1-7-4-9(5-7)18-12(15-16-17-18)8-2-3-11(14)10(13)6-8/h2-3,6-7,9H,4-5,14H2,1H3. The van der Waals surface area contributed by atoms with Crippen LogP contribution in [0.15, 0.2) is 18.2 Å². The van der Waals surface area contributed by atoms with Crippen molar-refractivity contribution in [2.75, 3.05) is 5.73 Å². The van der Waals surface area contributed by atoms with Crippen LogP contribution in [-0.2, 0) is 0 Å². The molecule has 6 heteroatoms. The Hall–Kier alpha value is -1.62. The lowest BCUT2D eigenvalue weighted by Crippen LogP contribution is -2.26. The topological polar surface area (TPSA) is 69.6 Å². The minimum Gasteiger partial charge on any atom is -0.398 e. The largest absolute Gasteiger partial charge is 0.398 e. The number of hydrogen-bond acceptors (Lipinski definition) is 4. The molecule has 0 unspecified atom stereocenters. The van der Waals surface area contributed by atoms with Gasteiger partial charge in [0.05, 0.1) is 16.8 Å². The van der Waals surface area contributed by atoms with Gasteiger partial charge in [-0.1, -0.05) is 18.5 Å². The van der Waals surface area contributed by atoms with Crippen molar-refractivity contribution in [1.82, 2.24) is 20.2 Å². The van der Waals surface area contributed by atoms with Gasteiger partial charge in [0.25, 0.3) is 0 Å². The van der Waals surface area contributed by atoms with Gasteiger partial charge >= 0.3 is 0 Å². The maximum Gasteiger partial charge on any atom is 0.182 e. The van der Waals surface area contributed by atoms with E-state index in [0.29, 0.717) is 16.8 Å². The monoisotopic (exact) mass is 263 g/mol. The van der Waals surface area contributed by atoms with E-state index in [1.807, 2.05) is 10.7 Å². The van der Waals surface area contributed by atoms with Gasteiger partial charge in [-0.25, -0.2) is 4.68 Å². The van der Waals surface area contributed by atoms with Crippen LogP contribution in [-0.4, -0.2) is 20.2 Å². The van der Waals surface area contributed by atoms with Gasteiger partial charge in [-0.15, -0.1) is 5.10 Å². The molecule has 5 nitrogen and oxygen atoms in total. The molecule has 1 heterocycles. The van der Waals surface area contributed by atoms with Crippen molar-refractivity contribution in [3.63, 3.8) is 0 Å². The van der Waals surface area contributed by atoms with E-state index < -0.39 is 0 Å². The molecule has 0 bridgehead atoms. The number of tetrazole rings is 1. The molecule has 0 radical (unpaired) electrons. The van der Waals surface area contributed by atoms with Gasteiger partial charge in [0.1, 0.15) is 0 Å². The van der Waals surface area contributed by atoms with E-state index in [2.05, 4.69) is 22.4 Å². The van der Waals surface area contributed by atoms with E-state index in [4.69, 9.17) is 17.3 Å². The molecule has 3 rings (SSSR count). The van der Waals surface area contributed by atoms with Crippen molar-refractivity contribution in [1.29, 1.82) is 0 Å². The number of nitrogens with zero attached hydrogens (tertiary/aromatic N) is 4. The molecule has 0 atom stereocenters. The van der Waals surface area contributed by atoms with Gasteiger partial charge in [0, 0.05) is 5.56 Å². The number of nitrogen functional groups attached to an aromatic ring is 1. The minimum atomic E-state index is 0.404. The van der Waals surface area contributed by atoms with E-state index in [1.54, 1.807) is 12.1 Å². The average Bonchev–Trinajstić information content (AvgIpc) is 2.77. The molecule has 2 N–H and O–H groups in total. The SMILES string of the molecule is CC1CC(n2nnnc2-c2ccc(N)c(Cl)c2)C1. The Morgan fingerprint density at radius 1 is 1.39 bits per heavy atom. The number of hydrogen-bond donors (Lipinski definition) is 1. The van der Waals surface area contributed by atoms with E-state index in [-0.39, 0.29) is 0 Å². The van der Waals surface area contributed by atoms with Crippen LogP contribution >= 0.6 is 11.6 Å². The summed E-state index contributed by atoms with van der Waals surface area (Å²) in [6.45, 7) is 2.24. The molecular weight excluding hydrogens is 250 g/mol. The molecule has 1 aromatic carbocycles. The summed E-state index contributed by atoms with van der Waals surface area (Å²) in [5.41, 5.74) is 7.17. The Morgan fingerprint density at radius 3 is 2.83 bits per heavy atom. The highest BCUT2D eigenvalue weighted by Crippen LogP contribution is 2.38. The summed E-state index contributed by atoms with van der Waals surface area (Å²) in [5.74, 6) is 1.51. The van der Waals surface area contributed by atoms with Crippen LogP contribution in [0.2, 0.25) is 5.02 Å². The fourth-order valence-electron chi connectivity index (χ4n) is 2.36. The third-order valence-electron chi connectivity index (χ3n) is 3.45. The first-order valence-corrected chi connectivity index (χ1v) is 6.36. The second kappa shape index (κ2) is 4.24. The molecule has 1 aliphatic carbocycles. The lowest BCUT2D eigenvalue weighted by Gasteiger charge is -2.32. The van der Waals surface area contributed by atoms with Gasteiger partial charge in [-0.05, 0) is 47.4 Å². The second-order valence-electron chi connectivity index (χ2n) is 4.91. The Balaban J connectivity index is 1.96. The first-order valence-electron chi connectivity index (χ1n) is 5.98. The maximum absolute atomic E-state index is 6.03. The zero-order valence-corrected chi connectivity index (χ0v) is 10.8. The van der Waals surface area contributed by atoms with E-state index in [9.17, 15) is 0 Å². The van der Waals surface area contributed by atoms with E-state index in [0.717, 1.165) is 30.1 Å². The number of benzene rings is 1. The third kappa shape index (κ3) is 1.84. The van der Waals surface area contributed by atoms with Gasteiger partial charge in [0.2, 0.25) is 0 Å². The molecule has 2 aromatic rings. The number of anilines is 1. The average molecular weight is 264 g/mol. The van der Waals surface area contributed by atoms with Crippen molar-refractivity contribution in [2.45, 2.75) is 25.8 Å². The lowest BCUT2D eigenvalue weighted by atomic mass is 9.82. The van der Waals surface area contributed by atoms with Crippen LogP contribution in [0.1, 0.15) is 25.8 Å². The molecular formula is C12H14ClN5. The zero-order valence-electron chi connectivity index (χ0n) is 10.0. The molecule has 0 amide bonds. The maximum atomic E-state index is 6.03. The highest BCUT2D eigenvalue weighted by atomic mass is 35.5. The fraction of sp³-hybridized carbons (Fsp3) is 0.417. The summed E-state index contributed by atoms with van der Waals surface area (Å²) in [6.07, 6.45) is 2.25. The first kappa shape index (κ1) is 11.5. The number of rotatable bonds is 2. The van der Waals surface area contributed by atoms with Crippen molar-refractivity contribution in [3.8, 4) is 11.4 Å². The van der Waals surface area contributed by atoms with Crippen LogP contribution in [0.5, 0.6) is 0 Å². The summed E-state index contributed by atoms with van der Waals surface area (Å²) in [7, 11) is 0. The Kier molecular flexibility index (Phi) is 2.70. The van der Waals surface area contributed by atoms with Crippen LogP contribution in [0.3, 0.4) is 0 Å². The molecule has 0 saturated heterocycles. The van der Waals surface area contributed by atoms with Gasteiger partial charge in [-0.3, -0.25) is 0 Å². The zero-order chi connectivity index (χ0) is 12.7. The molecule has 0 spiro atoms. The van der Waals surface area contributed by atoms with Crippen molar-refractivity contribution in [3.05, 3.63) is 23.2 Å². The highest BCUT2D eigenvalue weighted by Gasteiger charge is 2.30. The van der Waals surface area contributed by atoms with Crippen molar-refractivity contribution in [2.24, 2.45) is 5.92 Å². The summed E-state index contributed by atoms with van der Waals surface area (Å²) >= 11 is 6.03. The first-order chi connectivity index (χ1) is 8.65. The van der Waals surface area contributed by atoms with Crippen LogP contribution in [0.4, 0.5) is 5.69 Å². The number of aromatic nitrogens is 4. The molecule has 0 aliphatic heterocycles. The van der Waals surface area contributed by atoms with Crippen molar-refractivity contribution >= 4 is 17.3 Å². The molecule has 1 fully saturated rings. The van der Waals surface area contributed by atoms with Crippen LogP contribution in [0, 0.1) is 5.92 Å².